The first-order chi connectivity index (χ1) is 19.6. The number of nitrogens with one attached hydrogen (secondary N) is 1. The number of ketones is 3. The zero-order valence-electron chi connectivity index (χ0n) is 21.5. The number of aromatic nitrogens is 5. The number of carbonyl (C=O) groups is 4. The third-order valence-corrected chi connectivity index (χ3v) is 6.70. The van der Waals surface area contributed by atoms with Crippen LogP contribution in [0.1, 0.15) is 16.8 Å². The van der Waals surface area contributed by atoms with Crippen LogP contribution in [-0.4, -0.2) is 79.3 Å². The van der Waals surface area contributed by atoms with Gasteiger partial charge in [-0.1, -0.05) is 11.6 Å². The molecular formula is C26H22ClF2N7O5. The lowest BCUT2D eigenvalue weighted by molar-refractivity contribution is -0.136. The number of hydrogen-bond acceptors (Lipinski definition) is 9. The molecule has 3 aromatic heterocycles. The maximum Gasteiger partial charge on any atom is 0.387 e. The first kappa shape index (κ1) is 28.0. The Hall–Kier alpha value is -4.56. The van der Waals surface area contributed by atoms with Crippen LogP contribution < -0.4 is 10.1 Å². The molecule has 0 spiro atoms. The molecule has 1 aliphatic carbocycles. The fourth-order valence-corrected chi connectivity index (χ4v) is 4.63. The van der Waals surface area contributed by atoms with Crippen molar-refractivity contribution in [3.63, 3.8) is 0 Å². The Bertz CT molecular complexity index is 1670. The van der Waals surface area contributed by atoms with E-state index in [0.717, 1.165) is 0 Å². The number of fused-ring (bicyclic) bond motifs is 1. The number of ether oxygens (including phenoxy) is 1. The number of benzene rings is 1. The van der Waals surface area contributed by atoms with Gasteiger partial charge in [0.25, 0.3) is 5.91 Å². The van der Waals surface area contributed by atoms with Crippen molar-refractivity contribution in [3.8, 4) is 17.0 Å². The molecule has 1 N–H and O–H groups in total. The normalized spacial score (nSPS) is 15.5. The first-order valence-electron chi connectivity index (χ1n) is 12.3. The molecule has 1 amide bonds. The highest BCUT2D eigenvalue weighted by Gasteiger charge is 2.40. The summed E-state index contributed by atoms with van der Waals surface area (Å²) in [5, 5.41) is 11.6. The van der Waals surface area contributed by atoms with Crippen LogP contribution in [0.25, 0.3) is 16.9 Å². The summed E-state index contributed by atoms with van der Waals surface area (Å²) in [7, 11) is 1.68. The number of amides is 1. The van der Waals surface area contributed by atoms with Crippen LogP contribution >= 0.6 is 11.6 Å². The molecule has 41 heavy (non-hydrogen) atoms. The lowest BCUT2D eigenvalue weighted by Crippen LogP contribution is -2.34. The molecule has 3 heterocycles. The van der Waals surface area contributed by atoms with Gasteiger partial charge in [0.2, 0.25) is 11.6 Å². The molecule has 1 saturated carbocycles. The Morgan fingerprint density at radius 2 is 2.10 bits per heavy atom. The summed E-state index contributed by atoms with van der Waals surface area (Å²) >= 11 is 6.16. The smallest absolute Gasteiger partial charge is 0.387 e. The van der Waals surface area contributed by atoms with Gasteiger partial charge in [-0.2, -0.15) is 19.0 Å². The van der Waals surface area contributed by atoms with Gasteiger partial charge >= 0.3 is 6.61 Å². The maximum atomic E-state index is 13.2. The molecule has 1 unspecified atom stereocenters. The van der Waals surface area contributed by atoms with Gasteiger partial charge in [0, 0.05) is 42.3 Å². The average molecular weight is 586 g/mol. The molecule has 1 fully saturated rings. The summed E-state index contributed by atoms with van der Waals surface area (Å²) in [4.78, 5) is 54.7. The number of anilines is 1. The number of halogens is 3. The summed E-state index contributed by atoms with van der Waals surface area (Å²) in [5.74, 6) is -3.57. The fraction of sp³-hybridized carbons (Fsp3) is 0.269. The molecule has 5 rings (SSSR count). The van der Waals surface area contributed by atoms with E-state index in [-0.39, 0.29) is 52.8 Å². The third-order valence-electron chi connectivity index (χ3n) is 6.47. The lowest BCUT2D eigenvalue weighted by Gasteiger charge is -2.18. The minimum atomic E-state index is -3.12. The topological polar surface area (TPSA) is 141 Å². The SMILES string of the molecule is CN(CCn1cc(NC(=O)c2cnn3cccnc23)c(-c2cc(Cl)ccc2OC(F)F)n1)CC1C(=O)CC(=O)C1=O. The van der Waals surface area contributed by atoms with Crippen LogP contribution in [0.3, 0.4) is 0 Å². The highest BCUT2D eigenvalue weighted by atomic mass is 35.5. The van der Waals surface area contributed by atoms with Crippen molar-refractivity contribution in [3.05, 3.63) is 59.6 Å². The Morgan fingerprint density at radius 3 is 2.83 bits per heavy atom. The molecule has 212 valence electrons. The van der Waals surface area contributed by atoms with Crippen LogP contribution in [0.2, 0.25) is 5.02 Å². The summed E-state index contributed by atoms with van der Waals surface area (Å²) in [6, 6.07) is 5.70. The van der Waals surface area contributed by atoms with Gasteiger partial charge in [-0.15, -0.1) is 0 Å². The van der Waals surface area contributed by atoms with E-state index >= 15 is 0 Å². The lowest BCUT2D eigenvalue weighted by atomic mass is 10.1. The second kappa shape index (κ2) is 11.5. The number of nitrogens with zero attached hydrogens (tertiary/aromatic N) is 6. The fourth-order valence-electron chi connectivity index (χ4n) is 4.46. The highest BCUT2D eigenvalue weighted by Crippen LogP contribution is 2.37. The van der Waals surface area contributed by atoms with Crippen LogP contribution in [0.5, 0.6) is 5.75 Å². The van der Waals surface area contributed by atoms with Crippen LogP contribution in [0.4, 0.5) is 14.5 Å². The molecule has 1 aromatic carbocycles. The van der Waals surface area contributed by atoms with Crippen LogP contribution in [-0.2, 0) is 20.9 Å². The standard InChI is InChI=1S/C26H22ClF2N7O5/c1-34(12-17-19(37)10-20(38)23(17)39)7-8-35-13-18(32-25(40)16-11-31-36-6-2-5-30-24(16)36)22(33-35)15-9-14(27)3-4-21(15)41-26(28)29/h2-6,9,11,13,17,26H,7-8,10,12H2,1H3,(H,32,40). The van der Waals surface area contributed by atoms with Gasteiger partial charge in [0.05, 0.1) is 30.8 Å². The van der Waals surface area contributed by atoms with Crippen molar-refractivity contribution in [1.82, 2.24) is 29.3 Å². The van der Waals surface area contributed by atoms with E-state index in [1.54, 1.807) is 24.2 Å². The predicted octanol–water partition coefficient (Wildman–Crippen LogP) is 2.76. The number of hydrogen-bond donors (Lipinski definition) is 1. The summed E-state index contributed by atoms with van der Waals surface area (Å²) < 4.78 is 33.9. The minimum Gasteiger partial charge on any atom is -0.434 e. The van der Waals surface area contributed by atoms with Gasteiger partial charge in [0.1, 0.15) is 17.0 Å². The van der Waals surface area contributed by atoms with E-state index in [2.05, 4.69) is 25.2 Å². The predicted molar refractivity (Wildman–Crippen MR) is 141 cm³/mol. The number of carbonyl (C=O) groups excluding carboxylic acids is 4. The summed E-state index contributed by atoms with van der Waals surface area (Å²) in [6.45, 7) is -2.55. The number of likely N-dealkylation sites (N-methyl/N-ethyl adjacent to an activating group) is 1. The zero-order chi connectivity index (χ0) is 29.3. The quantitative estimate of drug-likeness (QED) is 0.220. The first-order valence-corrected chi connectivity index (χ1v) is 12.7. The van der Waals surface area contributed by atoms with Crippen molar-refractivity contribution in [2.24, 2.45) is 5.92 Å². The molecule has 1 aliphatic rings. The molecule has 1 atom stereocenters. The zero-order valence-corrected chi connectivity index (χ0v) is 22.2. The van der Waals surface area contributed by atoms with Gasteiger partial charge in [-0.25, -0.2) is 9.50 Å². The molecule has 0 aliphatic heterocycles. The second-order valence-corrected chi connectivity index (χ2v) is 9.76. The van der Waals surface area contributed by atoms with E-state index in [1.807, 2.05) is 0 Å². The van der Waals surface area contributed by atoms with E-state index < -0.39 is 35.8 Å². The van der Waals surface area contributed by atoms with Crippen LogP contribution in [0, 0.1) is 5.92 Å². The Morgan fingerprint density at radius 1 is 1.29 bits per heavy atom. The van der Waals surface area contributed by atoms with E-state index in [4.69, 9.17) is 11.6 Å². The third kappa shape index (κ3) is 5.98. The Kier molecular flexibility index (Phi) is 7.85. The largest absolute Gasteiger partial charge is 0.434 e. The number of Topliss-reactive ketones (excluding diaryl/α,β-unsaturated/α-hetero) is 3. The van der Waals surface area contributed by atoms with E-state index in [9.17, 15) is 28.0 Å². The molecule has 4 aromatic rings. The van der Waals surface area contributed by atoms with Gasteiger partial charge in [-0.05, 0) is 31.3 Å². The molecule has 0 saturated heterocycles. The molecule has 15 heteroatoms. The van der Waals surface area contributed by atoms with Crippen molar-refractivity contribution in [1.29, 1.82) is 0 Å². The molecule has 0 radical (unpaired) electrons. The summed E-state index contributed by atoms with van der Waals surface area (Å²) in [5.41, 5.74) is 0.856. The van der Waals surface area contributed by atoms with Crippen LogP contribution in [0.15, 0.2) is 49.1 Å². The molecular weight excluding hydrogens is 564 g/mol. The molecule has 12 nitrogen and oxygen atoms in total. The highest BCUT2D eigenvalue weighted by molar-refractivity contribution is 6.49. The van der Waals surface area contributed by atoms with Gasteiger partial charge in [0.15, 0.2) is 11.4 Å². The Labute approximate surface area is 235 Å². The molecule has 0 bridgehead atoms. The van der Waals surface area contributed by atoms with E-state index in [0.29, 0.717) is 12.2 Å². The van der Waals surface area contributed by atoms with Gasteiger partial charge < -0.3 is 15.0 Å². The average Bonchev–Trinajstić information content (AvgIpc) is 3.60. The van der Waals surface area contributed by atoms with Gasteiger partial charge in [-0.3, -0.25) is 23.9 Å². The summed E-state index contributed by atoms with van der Waals surface area (Å²) in [6.07, 6.45) is 5.60. The number of rotatable bonds is 10. The Balaban J connectivity index is 1.43. The monoisotopic (exact) mass is 585 g/mol. The van der Waals surface area contributed by atoms with Crippen molar-refractivity contribution >= 4 is 46.2 Å². The van der Waals surface area contributed by atoms with E-state index in [1.165, 1.54) is 46.0 Å². The van der Waals surface area contributed by atoms with Crippen molar-refractivity contribution in [2.45, 2.75) is 19.6 Å². The minimum absolute atomic E-state index is 0.0591. The van der Waals surface area contributed by atoms with Crippen molar-refractivity contribution in [2.75, 3.05) is 25.5 Å². The second-order valence-electron chi connectivity index (χ2n) is 9.32. The maximum absolute atomic E-state index is 13.2. The van der Waals surface area contributed by atoms with Crippen molar-refractivity contribution < 1.29 is 32.7 Å². The number of alkyl halides is 2.